The standard InChI is InChI=1S/C15H14F2N4O3/c1-8-10-6-9(7-18-12(10)24-21-8)11-19-20-14(23-11)15(13(16)17)2-4-22-5-3-15/h6-7,13H,2-5H2,1H3. The van der Waals surface area contributed by atoms with Gasteiger partial charge in [0.15, 0.2) is 0 Å². The zero-order chi connectivity index (χ0) is 16.7. The quantitative estimate of drug-likeness (QED) is 0.726. The fraction of sp³-hybridized carbons (Fsp3) is 0.467. The average Bonchev–Trinajstić information content (AvgIpc) is 3.23. The van der Waals surface area contributed by atoms with Crippen molar-refractivity contribution in [1.82, 2.24) is 20.3 Å². The van der Waals surface area contributed by atoms with Crippen molar-refractivity contribution in [1.29, 1.82) is 0 Å². The Bertz CT molecular complexity index is 871. The molecule has 1 fully saturated rings. The van der Waals surface area contributed by atoms with Crippen LogP contribution >= 0.6 is 0 Å². The number of pyridine rings is 1. The van der Waals surface area contributed by atoms with Crippen molar-refractivity contribution >= 4 is 11.1 Å². The number of rotatable bonds is 3. The molecule has 3 aromatic rings. The predicted molar refractivity (Wildman–Crippen MR) is 77.6 cm³/mol. The summed E-state index contributed by atoms with van der Waals surface area (Å²) in [5.74, 6) is 0.0875. The molecule has 1 aliphatic rings. The largest absolute Gasteiger partial charge is 0.420 e. The molecule has 0 amide bonds. The van der Waals surface area contributed by atoms with Crippen molar-refractivity contribution in [2.45, 2.75) is 31.6 Å². The summed E-state index contributed by atoms with van der Waals surface area (Å²) in [5, 5.41) is 12.3. The van der Waals surface area contributed by atoms with Crippen molar-refractivity contribution in [2.24, 2.45) is 0 Å². The highest BCUT2D eigenvalue weighted by molar-refractivity contribution is 5.79. The number of alkyl halides is 2. The maximum absolute atomic E-state index is 13.7. The highest BCUT2D eigenvalue weighted by Gasteiger charge is 2.47. The van der Waals surface area contributed by atoms with Crippen LogP contribution in [0.25, 0.3) is 22.6 Å². The second-order valence-corrected chi connectivity index (χ2v) is 5.83. The monoisotopic (exact) mass is 336 g/mol. The topological polar surface area (TPSA) is 87.1 Å². The summed E-state index contributed by atoms with van der Waals surface area (Å²) in [7, 11) is 0. The van der Waals surface area contributed by atoms with Gasteiger partial charge in [-0.25, -0.2) is 13.8 Å². The summed E-state index contributed by atoms with van der Waals surface area (Å²) in [6, 6.07) is 1.74. The van der Waals surface area contributed by atoms with Gasteiger partial charge in [-0.3, -0.25) is 0 Å². The fourth-order valence-electron chi connectivity index (χ4n) is 2.86. The lowest BCUT2D eigenvalue weighted by Crippen LogP contribution is -2.40. The van der Waals surface area contributed by atoms with Gasteiger partial charge in [0.25, 0.3) is 12.1 Å². The van der Waals surface area contributed by atoms with E-state index >= 15 is 0 Å². The number of hydrogen-bond donors (Lipinski definition) is 0. The van der Waals surface area contributed by atoms with Crippen molar-refractivity contribution in [3.05, 3.63) is 23.8 Å². The van der Waals surface area contributed by atoms with Crippen LogP contribution < -0.4 is 0 Å². The molecule has 0 saturated carbocycles. The molecule has 0 aromatic carbocycles. The minimum Gasteiger partial charge on any atom is -0.420 e. The number of hydrogen-bond acceptors (Lipinski definition) is 7. The Labute approximate surface area is 135 Å². The lowest BCUT2D eigenvalue weighted by Gasteiger charge is -2.32. The van der Waals surface area contributed by atoms with Gasteiger partial charge in [0.2, 0.25) is 11.8 Å². The van der Waals surface area contributed by atoms with Crippen molar-refractivity contribution in [2.75, 3.05) is 13.2 Å². The van der Waals surface area contributed by atoms with Gasteiger partial charge in [-0.15, -0.1) is 10.2 Å². The lowest BCUT2D eigenvalue weighted by molar-refractivity contribution is -0.0443. The summed E-state index contributed by atoms with van der Waals surface area (Å²) < 4.78 is 43.2. The van der Waals surface area contributed by atoms with E-state index in [1.54, 1.807) is 13.0 Å². The molecule has 126 valence electrons. The first kappa shape index (κ1) is 15.1. The van der Waals surface area contributed by atoms with Crippen LogP contribution in [-0.2, 0) is 10.2 Å². The van der Waals surface area contributed by atoms with Gasteiger partial charge < -0.3 is 13.7 Å². The van der Waals surface area contributed by atoms with E-state index in [1.165, 1.54) is 6.20 Å². The van der Waals surface area contributed by atoms with Crippen molar-refractivity contribution in [3.8, 4) is 11.5 Å². The molecular formula is C15H14F2N4O3. The highest BCUT2D eigenvalue weighted by Crippen LogP contribution is 2.40. The predicted octanol–water partition coefficient (Wildman–Crippen LogP) is 2.89. The van der Waals surface area contributed by atoms with E-state index in [4.69, 9.17) is 13.7 Å². The van der Waals surface area contributed by atoms with Crippen LogP contribution in [0.3, 0.4) is 0 Å². The highest BCUT2D eigenvalue weighted by atomic mass is 19.3. The maximum atomic E-state index is 13.7. The van der Waals surface area contributed by atoms with E-state index in [2.05, 4.69) is 20.3 Å². The van der Waals surface area contributed by atoms with Crippen molar-refractivity contribution < 1.29 is 22.5 Å². The third-order valence-corrected chi connectivity index (χ3v) is 4.41. The first-order valence-corrected chi connectivity index (χ1v) is 7.52. The van der Waals surface area contributed by atoms with E-state index in [9.17, 15) is 8.78 Å². The summed E-state index contributed by atoms with van der Waals surface area (Å²) in [4.78, 5) is 4.13. The van der Waals surface area contributed by atoms with Crippen LogP contribution in [0.5, 0.6) is 0 Å². The van der Waals surface area contributed by atoms with Crippen LogP contribution in [0, 0.1) is 6.92 Å². The third-order valence-electron chi connectivity index (χ3n) is 4.41. The smallest absolute Gasteiger partial charge is 0.257 e. The first-order valence-electron chi connectivity index (χ1n) is 7.52. The molecule has 0 atom stereocenters. The fourth-order valence-corrected chi connectivity index (χ4v) is 2.86. The Hall–Kier alpha value is -2.42. The maximum Gasteiger partial charge on any atom is 0.257 e. The second kappa shape index (κ2) is 5.59. The SMILES string of the molecule is Cc1noc2ncc(-c3nnc(C4(C(F)F)CCOCC4)o3)cc12. The van der Waals surface area contributed by atoms with Crippen LogP contribution in [-0.4, -0.2) is 40.0 Å². The molecule has 0 bridgehead atoms. The average molecular weight is 336 g/mol. The van der Waals surface area contributed by atoms with Gasteiger partial charge in [0.05, 0.1) is 16.6 Å². The lowest BCUT2D eigenvalue weighted by atomic mass is 9.80. The van der Waals surface area contributed by atoms with E-state index in [0.717, 1.165) is 0 Å². The molecule has 1 aliphatic heterocycles. The molecule has 9 heteroatoms. The van der Waals surface area contributed by atoms with E-state index in [1.807, 2.05) is 0 Å². The Kier molecular flexibility index (Phi) is 3.52. The molecular weight excluding hydrogens is 322 g/mol. The molecule has 0 N–H and O–H groups in total. The number of aromatic nitrogens is 4. The number of nitrogens with zero attached hydrogens (tertiary/aromatic N) is 4. The number of halogens is 2. The number of aryl methyl sites for hydroxylation is 1. The van der Waals surface area contributed by atoms with Gasteiger partial charge in [0, 0.05) is 19.4 Å². The second-order valence-electron chi connectivity index (χ2n) is 5.83. The van der Waals surface area contributed by atoms with Gasteiger partial charge in [-0.1, -0.05) is 5.16 Å². The Morgan fingerprint density at radius 2 is 2.00 bits per heavy atom. The summed E-state index contributed by atoms with van der Waals surface area (Å²) in [6.07, 6.45) is -0.818. The summed E-state index contributed by atoms with van der Waals surface area (Å²) in [6.45, 7) is 2.27. The first-order chi connectivity index (χ1) is 11.6. The Morgan fingerprint density at radius 3 is 2.75 bits per heavy atom. The minimum atomic E-state index is -2.60. The van der Waals surface area contributed by atoms with Crippen LogP contribution in [0.4, 0.5) is 8.78 Å². The molecule has 4 heterocycles. The molecule has 1 saturated heterocycles. The minimum absolute atomic E-state index is 0.0575. The van der Waals surface area contributed by atoms with Crippen LogP contribution in [0.2, 0.25) is 0 Å². The van der Waals surface area contributed by atoms with E-state index in [-0.39, 0.29) is 37.8 Å². The van der Waals surface area contributed by atoms with Crippen molar-refractivity contribution in [3.63, 3.8) is 0 Å². The zero-order valence-electron chi connectivity index (χ0n) is 12.8. The molecule has 7 nitrogen and oxygen atoms in total. The zero-order valence-corrected chi connectivity index (χ0v) is 12.8. The number of ether oxygens (including phenoxy) is 1. The Morgan fingerprint density at radius 1 is 1.21 bits per heavy atom. The molecule has 0 unspecified atom stereocenters. The molecule has 0 radical (unpaired) electrons. The van der Waals surface area contributed by atoms with E-state index in [0.29, 0.717) is 22.4 Å². The normalized spacial score (nSPS) is 17.7. The van der Waals surface area contributed by atoms with E-state index < -0.39 is 11.8 Å². The van der Waals surface area contributed by atoms with Crippen LogP contribution in [0.15, 0.2) is 21.2 Å². The summed E-state index contributed by atoms with van der Waals surface area (Å²) >= 11 is 0. The van der Waals surface area contributed by atoms with Crippen LogP contribution in [0.1, 0.15) is 24.4 Å². The molecule has 3 aromatic heterocycles. The van der Waals surface area contributed by atoms with Gasteiger partial charge in [-0.05, 0) is 25.8 Å². The molecule has 4 rings (SSSR count). The molecule has 0 spiro atoms. The van der Waals surface area contributed by atoms with Gasteiger partial charge in [-0.2, -0.15) is 0 Å². The Balaban J connectivity index is 1.74. The summed E-state index contributed by atoms with van der Waals surface area (Å²) in [5.41, 5.74) is 0.148. The number of fused-ring (bicyclic) bond motifs is 1. The van der Waals surface area contributed by atoms with Gasteiger partial charge >= 0.3 is 0 Å². The molecule has 24 heavy (non-hydrogen) atoms. The third kappa shape index (κ3) is 2.27. The van der Waals surface area contributed by atoms with Gasteiger partial charge in [0.1, 0.15) is 5.41 Å². The molecule has 0 aliphatic carbocycles.